The molecule has 2 N–H and O–H groups in total. The minimum Gasteiger partial charge on any atom is -0.384 e. The molecule has 2 fully saturated rings. The molecule has 3 rings (SSSR count). The summed E-state index contributed by atoms with van der Waals surface area (Å²) in [5.41, 5.74) is 2.14. The average molecular weight is 350 g/mol. The summed E-state index contributed by atoms with van der Waals surface area (Å²) in [7, 11) is 0. The number of H-pyrrole nitrogens is 1. The predicted molar refractivity (Wildman–Crippen MR) is 94.4 cm³/mol. The average Bonchev–Trinajstić information content (AvgIpc) is 3.14. The zero-order valence-corrected chi connectivity index (χ0v) is 15.4. The van der Waals surface area contributed by atoms with E-state index in [2.05, 4.69) is 15.1 Å². The Bertz CT molecular complexity index is 597. The van der Waals surface area contributed by atoms with Gasteiger partial charge in [-0.1, -0.05) is 0 Å². The molecule has 0 aromatic carbocycles. The van der Waals surface area contributed by atoms with E-state index in [1.807, 2.05) is 13.8 Å². The van der Waals surface area contributed by atoms with E-state index in [1.54, 1.807) is 4.90 Å². The number of ether oxygens (including phenoxy) is 1. The van der Waals surface area contributed by atoms with Gasteiger partial charge in [-0.2, -0.15) is 5.10 Å². The van der Waals surface area contributed by atoms with Crippen LogP contribution in [0.15, 0.2) is 0 Å². The molecule has 1 aromatic rings. The number of carbonyl (C=O) groups is 1. The molecule has 25 heavy (non-hydrogen) atoms. The molecular formula is C18H30N4O3. The summed E-state index contributed by atoms with van der Waals surface area (Å²) in [6, 6.07) is 0. The third-order valence-electron chi connectivity index (χ3n) is 5.36. The quantitative estimate of drug-likeness (QED) is 0.815. The second-order valence-corrected chi connectivity index (χ2v) is 7.50. The van der Waals surface area contributed by atoms with Gasteiger partial charge in [0, 0.05) is 31.6 Å². The fourth-order valence-electron chi connectivity index (χ4n) is 3.74. The Hall–Kier alpha value is -1.44. The number of nitrogens with zero attached hydrogens (tertiary/aromatic N) is 3. The lowest BCUT2D eigenvalue weighted by Crippen LogP contribution is -2.53. The Kier molecular flexibility index (Phi) is 5.76. The normalized spacial score (nSPS) is 25.3. The van der Waals surface area contributed by atoms with Crippen LogP contribution < -0.4 is 0 Å². The van der Waals surface area contributed by atoms with Crippen molar-refractivity contribution in [1.29, 1.82) is 0 Å². The van der Waals surface area contributed by atoms with Gasteiger partial charge in [-0.05, 0) is 45.3 Å². The van der Waals surface area contributed by atoms with Crippen molar-refractivity contribution in [3.63, 3.8) is 0 Å². The minimum absolute atomic E-state index is 0.0606. The van der Waals surface area contributed by atoms with Gasteiger partial charge in [-0.3, -0.25) is 9.89 Å². The molecule has 2 saturated heterocycles. The van der Waals surface area contributed by atoms with Crippen LogP contribution in [0.3, 0.4) is 0 Å². The number of hydrogen-bond donors (Lipinski definition) is 2. The third kappa shape index (κ3) is 4.59. The minimum atomic E-state index is -0.977. The SMILES string of the molecule is Cc1[nH]nc(CCC(=O)N2CCOCC(O)(CN3CCCC3)C2)c1C. The number of carbonyl (C=O) groups excluding carboxylic acids is 1. The van der Waals surface area contributed by atoms with Crippen molar-refractivity contribution in [3.8, 4) is 0 Å². The predicted octanol–water partition coefficient (Wildman–Crippen LogP) is 0.645. The first-order valence-electron chi connectivity index (χ1n) is 9.27. The van der Waals surface area contributed by atoms with Gasteiger partial charge in [0.05, 0.1) is 25.5 Å². The first kappa shape index (κ1) is 18.4. The van der Waals surface area contributed by atoms with Gasteiger partial charge in [0.1, 0.15) is 5.60 Å². The lowest BCUT2D eigenvalue weighted by Gasteiger charge is -2.34. The first-order chi connectivity index (χ1) is 12.0. The molecule has 1 amide bonds. The fraction of sp³-hybridized carbons (Fsp3) is 0.778. The van der Waals surface area contributed by atoms with Crippen molar-refractivity contribution in [1.82, 2.24) is 20.0 Å². The van der Waals surface area contributed by atoms with Crippen LogP contribution in [-0.4, -0.2) is 82.5 Å². The fourth-order valence-corrected chi connectivity index (χ4v) is 3.74. The van der Waals surface area contributed by atoms with Gasteiger partial charge in [-0.15, -0.1) is 0 Å². The molecule has 2 aliphatic rings. The smallest absolute Gasteiger partial charge is 0.223 e. The van der Waals surface area contributed by atoms with E-state index in [9.17, 15) is 9.90 Å². The highest BCUT2D eigenvalue weighted by molar-refractivity contribution is 5.76. The second-order valence-electron chi connectivity index (χ2n) is 7.50. The van der Waals surface area contributed by atoms with Crippen LogP contribution in [-0.2, 0) is 16.0 Å². The molecule has 0 bridgehead atoms. The van der Waals surface area contributed by atoms with Gasteiger partial charge in [0.25, 0.3) is 0 Å². The molecule has 140 valence electrons. The summed E-state index contributed by atoms with van der Waals surface area (Å²) in [5.74, 6) is 0.0606. The summed E-state index contributed by atoms with van der Waals surface area (Å²) in [4.78, 5) is 16.7. The van der Waals surface area contributed by atoms with Crippen LogP contribution in [0.5, 0.6) is 0 Å². The topological polar surface area (TPSA) is 81.7 Å². The van der Waals surface area contributed by atoms with Gasteiger partial charge in [-0.25, -0.2) is 0 Å². The number of aliphatic hydroxyl groups is 1. The van der Waals surface area contributed by atoms with Gasteiger partial charge >= 0.3 is 0 Å². The first-order valence-corrected chi connectivity index (χ1v) is 9.27. The lowest BCUT2D eigenvalue weighted by atomic mass is 10.0. The van der Waals surface area contributed by atoms with E-state index in [1.165, 1.54) is 12.8 Å². The number of likely N-dealkylation sites (tertiary alicyclic amines) is 1. The van der Waals surface area contributed by atoms with E-state index in [0.717, 1.165) is 30.0 Å². The number of nitrogens with one attached hydrogen (secondary N) is 1. The number of amides is 1. The van der Waals surface area contributed by atoms with Crippen molar-refractivity contribution in [2.45, 2.75) is 45.1 Å². The van der Waals surface area contributed by atoms with E-state index in [4.69, 9.17) is 4.74 Å². The van der Waals surface area contributed by atoms with Crippen LogP contribution in [0, 0.1) is 13.8 Å². The van der Waals surface area contributed by atoms with Gasteiger partial charge in [0.2, 0.25) is 5.91 Å². The van der Waals surface area contributed by atoms with Crippen molar-refractivity contribution in [2.75, 3.05) is 45.9 Å². The molecule has 0 radical (unpaired) electrons. The van der Waals surface area contributed by atoms with E-state index < -0.39 is 5.60 Å². The third-order valence-corrected chi connectivity index (χ3v) is 5.36. The van der Waals surface area contributed by atoms with E-state index >= 15 is 0 Å². The van der Waals surface area contributed by atoms with Gasteiger partial charge in [0.15, 0.2) is 0 Å². The Morgan fingerprint density at radius 2 is 2.08 bits per heavy atom. The summed E-state index contributed by atoms with van der Waals surface area (Å²) in [5, 5.41) is 18.2. The maximum absolute atomic E-state index is 12.7. The Morgan fingerprint density at radius 1 is 1.32 bits per heavy atom. The largest absolute Gasteiger partial charge is 0.384 e. The molecule has 1 atom stereocenters. The highest BCUT2D eigenvalue weighted by Crippen LogP contribution is 2.19. The summed E-state index contributed by atoms with van der Waals surface area (Å²) in [6.07, 6.45) is 3.39. The molecule has 0 aliphatic carbocycles. The lowest BCUT2D eigenvalue weighted by molar-refractivity contribution is -0.134. The summed E-state index contributed by atoms with van der Waals surface area (Å²) in [6.45, 7) is 8.29. The molecule has 1 unspecified atom stereocenters. The number of aromatic amines is 1. The van der Waals surface area contributed by atoms with Crippen molar-refractivity contribution in [3.05, 3.63) is 17.0 Å². The van der Waals surface area contributed by atoms with Crippen LogP contribution in [0.25, 0.3) is 0 Å². The van der Waals surface area contributed by atoms with Crippen LogP contribution in [0.4, 0.5) is 0 Å². The molecule has 3 heterocycles. The Labute approximate surface area is 149 Å². The number of hydrogen-bond acceptors (Lipinski definition) is 5. The number of β-amino-alcohol motifs (C(OH)–C–C–N with tert-alkyl or cyclic N) is 1. The van der Waals surface area contributed by atoms with Crippen molar-refractivity contribution < 1.29 is 14.6 Å². The number of aromatic nitrogens is 2. The van der Waals surface area contributed by atoms with Gasteiger partial charge < -0.3 is 19.6 Å². The standard InChI is InChI=1S/C18H30N4O3/c1-14-15(2)19-20-16(14)5-6-17(23)22-9-10-25-13-18(24,12-22)11-21-7-3-4-8-21/h24H,3-13H2,1-2H3,(H,19,20). The number of aryl methyl sites for hydroxylation is 2. The molecule has 0 spiro atoms. The maximum Gasteiger partial charge on any atom is 0.223 e. The summed E-state index contributed by atoms with van der Waals surface area (Å²) < 4.78 is 5.60. The second kappa shape index (κ2) is 7.85. The molecule has 0 saturated carbocycles. The van der Waals surface area contributed by atoms with Crippen LogP contribution in [0.1, 0.15) is 36.2 Å². The monoisotopic (exact) mass is 350 g/mol. The molecule has 1 aromatic heterocycles. The highest BCUT2D eigenvalue weighted by Gasteiger charge is 2.36. The molecule has 7 nitrogen and oxygen atoms in total. The zero-order chi connectivity index (χ0) is 17.9. The van der Waals surface area contributed by atoms with Crippen molar-refractivity contribution >= 4 is 5.91 Å². The number of rotatable bonds is 5. The summed E-state index contributed by atoms with van der Waals surface area (Å²) >= 11 is 0. The van der Waals surface area contributed by atoms with Crippen molar-refractivity contribution in [2.24, 2.45) is 0 Å². The van der Waals surface area contributed by atoms with E-state index in [-0.39, 0.29) is 5.91 Å². The van der Waals surface area contributed by atoms with Crippen LogP contribution >= 0.6 is 0 Å². The molecular weight excluding hydrogens is 320 g/mol. The Morgan fingerprint density at radius 3 is 2.76 bits per heavy atom. The zero-order valence-electron chi connectivity index (χ0n) is 15.4. The molecule has 2 aliphatic heterocycles. The maximum atomic E-state index is 12.7. The molecule has 7 heteroatoms. The highest BCUT2D eigenvalue weighted by atomic mass is 16.5. The van der Waals surface area contributed by atoms with Crippen LogP contribution in [0.2, 0.25) is 0 Å². The Balaban J connectivity index is 1.57. The van der Waals surface area contributed by atoms with E-state index in [0.29, 0.717) is 45.7 Å².